The summed E-state index contributed by atoms with van der Waals surface area (Å²) in [4.78, 5) is 24.1. The molecule has 0 fully saturated rings. The van der Waals surface area contributed by atoms with Gasteiger partial charge in [0.25, 0.3) is 0 Å². The van der Waals surface area contributed by atoms with Crippen LogP contribution in [0.25, 0.3) is 6.08 Å². The van der Waals surface area contributed by atoms with E-state index in [1.54, 1.807) is 62.6 Å². The molecule has 0 spiro atoms. The molecule has 0 saturated carbocycles. The molecule has 0 unspecified atom stereocenters. The zero-order chi connectivity index (χ0) is 18.2. The van der Waals surface area contributed by atoms with Gasteiger partial charge < -0.3 is 14.2 Å². The number of esters is 1. The number of carbonyl (C=O) groups is 2. The van der Waals surface area contributed by atoms with Crippen LogP contribution in [-0.2, 0) is 9.53 Å². The van der Waals surface area contributed by atoms with Crippen molar-refractivity contribution in [1.29, 1.82) is 0 Å². The molecule has 0 bridgehead atoms. The summed E-state index contributed by atoms with van der Waals surface area (Å²) in [5.74, 6) is 0.370. The lowest BCUT2D eigenvalue weighted by molar-refractivity contribution is -0.140. The van der Waals surface area contributed by atoms with Gasteiger partial charge >= 0.3 is 5.97 Å². The van der Waals surface area contributed by atoms with Crippen molar-refractivity contribution in [2.24, 2.45) is 0 Å². The molecule has 130 valence electrons. The number of hydrogen-bond acceptors (Lipinski definition) is 5. The van der Waals surface area contributed by atoms with Crippen LogP contribution in [-0.4, -0.2) is 32.1 Å². The van der Waals surface area contributed by atoms with Gasteiger partial charge in [0.2, 0.25) is 5.78 Å². The lowest BCUT2D eigenvalue weighted by Crippen LogP contribution is -2.23. The third-order valence-electron chi connectivity index (χ3n) is 3.56. The number of hydrogen-bond donors (Lipinski definition) is 0. The quantitative estimate of drug-likeness (QED) is 0.438. The maximum atomic E-state index is 12.2. The summed E-state index contributed by atoms with van der Waals surface area (Å²) in [5, 5.41) is 0. The SMILES string of the molecule is COc1ccc(/C=C/C(=O)O[C@@H](C)C(=O)c2ccccc2)c(OC)c1. The zero-order valence-corrected chi connectivity index (χ0v) is 14.4. The van der Waals surface area contributed by atoms with Gasteiger partial charge in [0.05, 0.1) is 14.2 Å². The Morgan fingerprint density at radius 1 is 1.00 bits per heavy atom. The van der Waals surface area contributed by atoms with Crippen molar-refractivity contribution in [2.45, 2.75) is 13.0 Å². The molecule has 0 aliphatic carbocycles. The predicted octanol–water partition coefficient (Wildman–Crippen LogP) is 3.53. The molecule has 2 aromatic carbocycles. The maximum absolute atomic E-state index is 12.2. The molecular weight excluding hydrogens is 320 g/mol. The average Bonchev–Trinajstić information content (AvgIpc) is 2.66. The molecule has 5 heteroatoms. The van der Waals surface area contributed by atoms with Crippen LogP contribution in [0, 0.1) is 0 Å². The lowest BCUT2D eigenvalue weighted by Gasteiger charge is -2.11. The second-order valence-corrected chi connectivity index (χ2v) is 5.25. The molecule has 0 heterocycles. The Morgan fingerprint density at radius 3 is 2.36 bits per heavy atom. The Kier molecular flexibility index (Phi) is 6.34. The summed E-state index contributed by atoms with van der Waals surface area (Å²) < 4.78 is 15.6. The number of ether oxygens (including phenoxy) is 3. The van der Waals surface area contributed by atoms with Crippen LogP contribution >= 0.6 is 0 Å². The summed E-state index contributed by atoms with van der Waals surface area (Å²) in [7, 11) is 3.10. The minimum atomic E-state index is -0.864. The maximum Gasteiger partial charge on any atom is 0.331 e. The zero-order valence-electron chi connectivity index (χ0n) is 14.4. The molecular formula is C20H20O5. The number of Topliss-reactive ketones (excluding diaryl/α,β-unsaturated/α-hetero) is 1. The Bertz CT molecular complexity index is 765. The van der Waals surface area contributed by atoms with Gasteiger partial charge in [0.15, 0.2) is 6.10 Å². The van der Waals surface area contributed by atoms with Gasteiger partial charge in [-0.2, -0.15) is 0 Å². The standard InChI is InChI=1S/C20H20O5/c1-14(20(22)16-7-5-4-6-8-16)25-19(21)12-10-15-9-11-17(23-2)13-18(15)24-3/h4-14H,1-3H3/b12-10+/t14-/m0/s1. The third kappa shape index (κ3) is 4.94. The van der Waals surface area contributed by atoms with E-state index in [1.165, 1.54) is 13.2 Å². The van der Waals surface area contributed by atoms with Crippen LogP contribution in [0.1, 0.15) is 22.8 Å². The second-order valence-electron chi connectivity index (χ2n) is 5.25. The van der Waals surface area contributed by atoms with Gasteiger partial charge in [0, 0.05) is 23.3 Å². The molecule has 0 N–H and O–H groups in total. The molecule has 0 aliphatic heterocycles. The van der Waals surface area contributed by atoms with Crippen molar-refractivity contribution < 1.29 is 23.8 Å². The van der Waals surface area contributed by atoms with Crippen LogP contribution in [0.15, 0.2) is 54.6 Å². The summed E-state index contributed by atoms with van der Waals surface area (Å²) in [6, 6.07) is 13.9. The summed E-state index contributed by atoms with van der Waals surface area (Å²) in [6.07, 6.45) is 1.97. The first-order chi connectivity index (χ1) is 12.0. The van der Waals surface area contributed by atoms with Crippen molar-refractivity contribution in [3.05, 3.63) is 65.7 Å². The van der Waals surface area contributed by atoms with E-state index < -0.39 is 12.1 Å². The van der Waals surface area contributed by atoms with Crippen molar-refractivity contribution in [3.63, 3.8) is 0 Å². The molecule has 0 radical (unpaired) electrons. The molecule has 0 saturated heterocycles. The highest BCUT2D eigenvalue weighted by atomic mass is 16.5. The average molecular weight is 340 g/mol. The van der Waals surface area contributed by atoms with Crippen molar-refractivity contribution in [2.75, 3.05) is 14.2 Å². The number of methoxy groups -OCH3 is 2. The first-order valence-corrected chi connectivity index (χ1v) is 7.75. The Balaban J connectivity index is 2.02. The van der Waals surface area contributed by atoms with Crippen LogP contribution < -0.4 is 9.47 Å². The van der Waals surface area contributed by atoms with Crippen LogP contribution in [0.4, 0.5) is 0 Å². The van der Waals surface area contributed by atoms with Crippen molar-refractivity contribution in [1.82, 2.24) is 0 Å². The monoisotopic (exact) mass is 340 g/mol. The fraction of sp³-hybridized carbons (Fsp3) is 0.200. The summed E-state index contributed by atoms with van der Waals surface area (Å²) >= 11 is 0. The highest BCUT2D eigenvalue weighted by molar-refractivity contribution is 6.01. The Hall–Kier alpha value is -3.08. The Labute approximate surface area is 146 Å². The fourth-order valence-corrected chi connectivity index (χ4v) is 2.22. The number of rotatable bonds is 7. The predicted molar refractivity (Wildman–Crippen MR) is 94.9 cm³/mol. The minimum absolute atomic E-state index is 0.246. The van der Waals surface area contributed by atoms with Crippen LogP contribution in [0.2, 0.25) is 0 Å². The number of ketones is 1. The molecule has 0 aliphatic rings. The second kappa shape index (κ2) is 8.68. The number of benzene rings is 2. The van der Waals surface area contributed by atoms with E-state index in [9.17, 15) is 9.59 Å². The highest BCUT2D eigenvalue weighted by Crippen LogP contribution is 2.25. The van der Waals surface area contributed by atoms with Crippen molar-refractivity contribution in [3.8, 4) is 11.5 Å². The largest absolute Gasteiger partial charge is 0.497 e. The summed E-state index contributed by atoms with van der Waals surface area (Å²) in [5.41, 5.74) is 1.20. The lowest BCUT2D eigenvalue weighted by atomic mass is 10.1. The number of carbonyl (C=O) groups excluding carboxylic acids is 2. The first-order valence-electron chi connectivity index (χ1n) is 7.75. The minimum Gasteiger partial charge on any atom is -0.497 e. The molecule has 25 heavy (non-hydrogen) atoms. The van der Waals surface area contributed by atoms with E-state index in [1.807, 2.05) is 6.07 Å². The van der Waals surface area contributed by atoms with Crippen molar-refractivity contribution >= 4 is 17.8 Å². The van der Waals surface area contributed by atoms with Crippen LogP contribution in [0.5, 0.6) is 11.5 Å². The fourth-order valence-electron chi connectivity index (χ4n) is 2.22. The first kappa shape index (κ1) is 18.3. The van der Waals surface area contributed by atoms with Gasteiger partial charge in [-0.1, -0.05) is 30.3 Å². The van der Waals surface area contributed by atoms with Gasteiger partial charge in [-0.25, -0.2) is 4.79 Å². The van der Waals surface area contributed by atoms with Gasteiger partial charge in [-0.05, 0) is 25.1 Å². The molecule has 0 aromatic heterocycles. The highest BCUT2D eigenvalue weighted by Gasteiger charge is 2.18. The molecule has 2 rings (SSSR count). The van der Waals surface area contributed by atoms with E-state index in [0.29, 0.717) is 22.6 Å². The van der Waals surface area contributed by atoms with Crippen LogP contribution in [0.3, 0.4) is 0 Å². The molecule has 1 atom stereocenters. The van der Waals surface area contributed by atoms with E-state index in [2.05, 4.69) is 0 Å². The van der Waals surface area contributed by atoms with E-state index in [-0.39, 0.29) is 5.78 Å². The topological polar surface area (TPSA) is 61.8 Å². The van der Waals surface area contributed by atoms with E-state index in [0.717, 1.165) is 0 Å². The van der Waals surface area contributed by atoms with E-state index in [4.69, 9.17) is 14.2 Å². The smallest absolute Gasteiger partial charge is 0.331 e. The summed E-state index contributed by atoms with van der Waals surface area (Å²) in [6.45, 7) is 1.55. The van der Waals surface area contributed by atoms with Gasteiger partial charge in [-0.3, -0.25) is 4.79 Å². The van der Waals surface area contributed by atoms with E-state index >= 15 is 0 Å². The molecule has 0 amide bonds. The molecule has 5 nitrogen and oxygen atoms in total. The third-order valence-corrected chi connectivity index (χ3v) is 3.56. The normalized spacial score (nSPS) is 11.8. The van der Waals surface area contributed by atoms with Gasteiger partial charge in [0.1, 0.15) is 11.5 Å². The Morgan fingerprint density at radius 2 is 1.72 bits per heavy atom. The molecule has 2 aromatic rings. The van der Waals surface area contributed by atoms with Gasteiger partial charge in [-0.15, -0.1) is 0 Å².